The van der Waals surface area contributed by atoms with Gasteiger partial charge in [0.25, 0.3) is 0 Å². The summed E-state index contributed by atoms with van der Waals surface area (Å²) >= 11 is 0. The Hall–Kier alpha value is -1.02. The molecular formula is C15H24N2. The first-order valence-corrected chi connectivity index (χ1v) is 6.69. The Balaban J connectivity index is 2.11. The van der Waals surface area contributed by atoms with Crippen molar-refractivity contribution in [1.82, 2.24) is 4.90 Å². The van der Waals surface area contributed by atoms with Crippen molar-refractivity contribution >= 4 is 5.69 Å². The topological polar surface area (TPSA) is 29.3 Å². The largest absolute Gasteiger partial charge is 0.399 e. The predicted molar refractivity (Wildman–Crippen MR) is 73.8 cm³/mol. The highest BCUT2D eigenvalue weighted by Gasteiger charge is 2.28. The van der Waals surface area contributed by atoms with Gasteiger partial charge in [-0.1, -0.05) is 12.1 Å². The van der Waals surface area contributed by atoms with E-state index in [1.54, 1.807) is 0 Å². The summed E-state index contributed by atoms with van der Waals surface area (Å²) in [5.74, 6) is 0.931. The maximum absolute atomic E-state index is 5.87. The van der Waals surface area contributed by atoms with Crippen LogP contribution in [-0.2, 0) is 0 Å². The SMILES string of the molecule is CC(C)N(CC1CC1)C(C)c1cccc(N)c1. The highest BCUT2D eigenvalue weighted by molar-refractivity contribution is 5.41. The lowest BCUT2D eigenvalue weighted by Gasteiger charge is -2.33. The molecule has 1 fully saturated rings. The van der Waals surface area contributed by atoms with Crippen LogP contribution in [0.1, 0.15) is 45.2 Å². The van der Waals surface area contributed by atoms with Gasteiger partial charge in [-0.3, -0.25) is 4.90 Å². The first-order chi connectivity index (χ1) is 8.08. The van der Waals surface area contributed by atoms with E-state index >= 15 is 0 Å². The van der Waals surface area contributed by atoms with Crippen LogP contribution in [0.25, 0.3) is 0 Å². The first kappa shape index (κ1) is 12.4. The van der Waals surface area contributed by atoms with Gasteiger partial charge in [0, 0.05) is 24.3 Å². The predicted octanol–water partition coefficient (Wildman–Crippen LogP) is 3.45. The van der Waals surface area contributed by atoms with Crippen molar-refractivity contribution in [3.8, 4) is 0 Å². The number of hydrogen-bond donors (Lipinski definition) is 1. The molecule has 1 saturated carbocycles. The molecule has 1 aromatic carbocycles. The third kappa shape index (κ3) is 3.22. The lowest BCUT2D eigenvalue weighted by molar-refractivity contribution is 0.157. The van der Waals surface area contributed by atoms with Gasteiger partial charge in [0.1, 0.15) is 0 Å². The van der Waals surface area contributed by atoms with Gasteiger partial charge in [-0.2, -0.15) is 0 Å². The molecule has 17 heavy (non-hydrogen) atoms. The molecule has 1 unspecified atom stereocenters. The van der Waals surface area contributed by atoms with Gasteiger partial charge >= 0.3 is 0 Å². The summed E-state index contributed by atoms with van der Waals surface area (Å²) < 4.78 is 0. The Kier molecular flexibility index (Phi) is 3.72. The number of anilines is 1. The number of nitrogens with zero attached hydrogens (tertiary/aromatic N) is 1. The second-order valence-electron chi connectivity index (χ2n) is 5.58. The molecule has 1 atom stereocenters. The minimum Gasteiger partial charge on any atom is -0.399 e. The molecule has 0 aromatic heterocycles. The minimum absolute atomic E-state index is 0.457. The smallest absolute Gasteiger partial charge is 0.0323 e. The van der Waals surface area contributed by atoms with E-state index in [1.807, 2.05) is 6.07 Å². The van der Waals surface area contributed by atoms with Gasteiger partial charge in [0.2, 0.25) is 0 Å². The molecule has 2 N–H and O–H groups in total. The third-order valence-electron chi connectivity index (χ3n) is 3.72. The summed E-state index contributed by atoms with van der Waals surface area (Å²) in [6.07, 6.45) is 2.82. The van der Waals surface area contributed by atoms with Crippen LogP contribution in [0.15, 0.2) is 24.3 Å². The van der Waals surface area contributed by atoms with Crippen molar-refractivity contribution in [2.24, 2.45) is 5.92 Å². The van der Waals surface area contributed by atoms with Gasteiger partial charge in [-0.15, -0.1) is 0 Å². The van der Waals surface area contributed by atoms with Crippen LogP contribution in [0.2, 0.25) is 0 Å². The van der Waals surface area contributed by atoms with Gasteiger partial charge in [-0.25, -0.2) is 0 Å². The normalized spacial score (nSPS) is 17.7. The molecule has 1 aliphatic carbocycles. The molecular weight excluding hydrogens is 208 g/mol. The third-order valence-corrected chi connectivity index (χ3v) is 3.72. The second-order valence-corrected chi connectivity index (χ2v) is 5.58. The minimum atomic E-state index is 0.457. The molecule has 2 rings (SSSR count). The molecule has 0 saturated heterocycles. The van der Waals surface area contributed by atoms with Gasteiger partial charge in [-0.05, 0) is 57.2 Å². The molecule has 2 nitrogen and oxygen atoms in total. The molecule has 0 spiro atoms. The van der Waals surface area contributed by atoms with Crippen LogP contribution in [0.5, 0.6) is 0 Å². The Bertz CT molecular complexity index is 369. The zero-order chi connectivity index (χ0) is 12.4. The fourth-order valence-corrected chi connectivity index (χ4v) is 2.43. The average Bonchev–Trinajstić information content (AvgIpc) is 3.08. The summed E-state index contributed by atoms with van der Waals surface area (Å²) in [5, 5.41) is 0. The molecule has 0 amide bonds. The van der Waals surface area contributed by atoms with E-state index in [1.165, 1.54) is 24.9 Å². The molecule has 1 aromatic rings. The van der Waals surface area contributed by atoms with E-state index in [9.17, 15) is 0 Å². The number of nitrogens with two attached hydrogens (primary N) is 1. The van der Waals surface area contributed by atoms with Crippen molar-refractivity contribution in [1.29, 1.82) is 0 Å². The van der Waals surface area contributed by atoms with Crippen molar-refractivity contribution in [3.05, 3.63) is 29.8 Å². The van der Waals surface area contributed by atoms with Crippen LogP contribution >= 0.6 is 0 Å². The van der Waals surface area contributed by atoms with E-state index in [0.29, 0.717) is 12.1 Å². The van der Waals surface area contributed by atoms with Gasteiger partial charge < -0.3 is 5.73 Å². The molecule has 2 heteroatoms. The lowest BCUT2D eigenvalue weighted by Crippen LogP contribution is -2.35. The zero-order valence-corrected chi connectivity index (χ0v) is 11.2. The molecule has 0 heterocycles. The Morgan fingerprint density at radius 3 is 2.53 bits per heavy atom. The van der Waals surface area contributed by atoms with E-state index in [0.717, 1.165) is 11.6 Å². The van der Waals surface area contributed by atoms with Crippen LogP contribution in [0, 0.1) is 5.92 Å². The monoisotopic (exact) mass is 232 g/mol. The Morgan fingerprint density at radius 2 is 2.00 bits per heavy atom. The van der Waals surface area contributed by atoms with Crippen LogP contribution in [0.4, 0.5) is 5.69 Å². The fourth-order valence-electron chi connectivity index (χ4n) is 2.43. The van der Waals surface area contributed by atoms with E-state index < -0.39 is 0 Å². The summed E-state index contributed by atoms with van der Waals surface area (Å²) in [4.78, 5) is 2.59. The molecule has 0 radical (unpaired) electrons. The number of benzene rings is 1. The standard InChI is InChI=1S/C15H24N2/c1-11(2)17(10-13-7-8-13)12(3)14-5-4-6-15(16)9-14/h4-6,9,11-13H,7-8,10,16H2,1-3H3. The molecule has 0 bridgehead atoms. The molecule has 0 aliphatic heterocycles. The average molecular weight is 232 g/mol. The van der Waals surface area contributed by atoms with Crippen LogP contribution in [0.3, 0.4) is 0 Å². The van der Waals surface area contributed by atoms with Gasteiger partial charge in [0.15, 0.2) is 0 Å². The lowest BCUT2D eigenvalue weighted by atomic mass is 10.0. The number of rotatable bonds is 5. The Morgan fingerprint density at radius 1 is 1.29 bits per heavy atom. The van der Waals surface area contributed by atoms with Crippen LogP contribution in [-0.4, -0.2) is 17.5 Å². The molecule has 1 aliphatic rings. The highest BCUT2D eigenvalue weighted by Crippen LogP contribution is 2.34. The molecule has 94 valence electrons. The quantitative estimate of drug-likeness (QED) is 0.788. The maximum Gasteiger partial charge on any atom is 0.0323 e. The number of nitrogen functional groups attached to an aromatic ring is 1. The zero-order valence-electron chi connectivity index (χ0n) is 11.2. The summed E-state index contributed by atoms with van der Waals surface area (Å²) in [5.41, 5.74) is 8.07. The van der Waals surface area contributed by atoms with E-state index in [-0.39, 0.29) is 0 Å². The van der Waals surface area contributed by atoms with Crippen LogP contribution < -0.4 is 5.73 Å². The van der Waals surface area contributed by atoms with E-state index in [4.69, 9.17) is 5.73 Å². The summed E-state index contributed by atoms with van der Waals surface area (Å²) in [6, 6.07) is 9.34. The van der Waals surface area contributed by atoms with Crippen molar-refractivity contribution in [2.75, 3.05) is 12.3 Å². The fraction of sp³-hybridized carbons (Fsp3) is 0.600. The first-order valence-electron chi connectivity index (χ1n) is 6.69. The highest BCUT2D eigenvalue weighted by atomic mass is 15.2. The van der Waals surface area contributed by atoms with Crippen molar-refractivity contribution in [3.63, 3.8) is 0 Å². The summed E-state index contributed by atoms with van der Waals surface area (Å²) in [6.45, 7) is 8.08. The number of hydrogen-bond acceptors (Lipinski definition) is 2. The summed E-state index contributed by atoms with van der Waals surface area (Å²) in [7, 11) is 0. The van der Waals surface area contributed by atoms with Crippen molar-refractivity contribution in [2.45, 2.75) is 45.7 Å². The Labute approximate surface area is 105 Å². The van der Waals surface area contributed by atoms with Crippen molar-refractivity contribution < 1.29 is 0 Å². The van der Waals surface area contributed by atoms with Gasteiger partial charge in [0.05, 0.1) is 0 Å². The maximum atomic E-state index is 5.87. The second kappa shape index (κ2) is 5.09. The van der Waals surface area contributed by atoms with E-state index in [2.05, 4.69) is 43.9 Å².